The van der Waals surface area contributed by atoms with Crippen molar-refractivity contribution < 1.29 is 13.2 Å². The maximum atomic E-state index is 12.5. The van der Waals surface area contributed by atoms with Gasteiger partial charge in [0.25, 0.3) is 0 Å². The van der Waals surface area contributed by atoms with Crippen molar-refractivity contribution in [1.29, 1.82) is 0 Å². The summed E-state index contributed by atoms with van der Waals surface area (Å²) in [6.07, 6.45) is 2.87. The molecule has 2 aliphatic heterocycles. The molecule has 242 valence electrons. The minimum atomic E-state index is -3.33. The van der Waals surface area contributed by atoms with Gasteiger partial charge in [-0.05, 0) is 60.2 Å². The number of rotatable bonds is 10. The van der Waals surface area contributed by atoms with Crippen molar-refractivity contribution in [3.8, 4) is 23.1 Å². The highest BCUT2D eigenvalue weighted by atomic mass is 35.5. The van der Waals surface area contributed by atoms with Gasteiger partial charge in [0.15, 0.2) is 0 Å². The average molecular weight is 678 g/mol. The van der Waals surface area contributed by atoms with Crippen molar-refractivity contribution in [1.82, 2.24) is 24.3 Å². The predicted molar refractivity (Wildman–Crippen MR) is 186 cm³/mol. The highest BCUT2D eigenvalue weighted by Crippen LogP contribution is 2.33. The fourth-order valence-electron chi connectivity index (χ4n) is 5.95. The van der Waals surface area contributed by atoms with E-state index in [0.29, 0.717) is 30.1 Å². The number of aromatic nitrogens is 2. The van der Waals surface area contributed by atoms with Crippen LogP contribution in [0.3, 0.4) is 0 Å². The Bertz CT molecular complexity index is 1830. The third-order valence-electron chi connectivity index (χ3n) is 8.63. The number of benzene rings is 2. The van der Waals surface area contributed by atoms with Crippen molar-refractivity contribution in [2.75, 3.05) is 45.6 Å². The zero-order chi connectivity index (χ0) is 32.1. The second kappa shape index (κ2) is 14.8. The number of hydrogen-bond acceptors (Lipinski definition) is 7. The molecule has 11 heteroatoms. The van der Waals surface area contributed by atoms with E-state index in [1.807, 2.05) is 30.3 Å². The quantitative estimate of drug-likeness (QED) is 0.230. The summed E-state index contributed by atoms with van der Waals surface area (Å²) in [5.74, 6) is 6.53. The van der Waals surface area contributed by atoms with E-state index >= 15 is 0 Å². The monoisotopic (exact) mass is 677 g/mol. The van der Waals surface area contributed by atoms with Crippen molar-refractivity contribution >= 4 is 33.0 Å². The number of halogens is 1. The maximum absolute atomic E-state index is 12.5. The molecule has 8 nitrogen and oxygen atoms in total. The Morgan fingerprint density at radius 1 is 1.02 bits per heavy atom. The SMILES string of the molecule is Cc1ccsc1CNCc1ccc(C#Cc2cc(-c3nn(CCCN4CCOCC4)c4c3CN(S(C)(=O)=O)CC4)ccc2Cl)cc1. The van der Waals surface area contributed by atoms with E-state index in [0.717, 1.165) is 87.0 Å². The summed E-state index contributed by atoms with van der Waals surface area (Å²) in [7, 11) is -3.33. The Kier molecular flexibility index (Phi) is 10.6. The van der Waals surface area contributed by atoms with Gasteiger partial charge in [-0.15, -0.1) is 11.3 Å². The average Bonchev–Trinajstić information content (AvgIpc) is 3.64. The zero-order valence-corrected chi connectivity index (χ0v) is 28.8. The van der Waals surface area contributed by atoms with Gasteiger partial charge in [-0.25, -0.2) is 8.42 Å². The number of nitrogens with zero attached hydrogens (tertiary/aromatic N) is 4. The summed E-state index contributed by atoms with van der Waals surface area (Å²) >= 11 is 8.40. The number of fused-ring (bicyclic) bond motifs is 1. The number of thiophene rings is 1. The van der Waals surface area contributed by atoms with E-state index in [1.165, 1.54) is 26.6 Å². The highest BCUT2D eigenvalue weighted by Gasteiger charge is 2.30. The van der Waals surface area contributed by atoms with Gasteiger partial charge >= 0.3 is 0 Å². The van der Waals surface area contributed by atoms with Gasteiger partial charge in [0.2, 0.25) is 10.0 Å². The fourth-order valence-corrected chi connectivity index (χ4v) is 7.78. The van der Waals surface area contributed by atoms with E-state index in [2.05, 4.69) is 57.2 Å². The Hall–Kier alpha value is -3.01. The summed E-state index contributed by atoms with van der Waals surface area (Å²) in [6, 6.07) is 16.2. The summed E-state index contributed by atoms with van der Waals surface area (Å²) in [4.78, 5) is 3.79. The number of hydrogen-bond donors (Lipinski definition) is 1. The Labute approximate surface area is 281 Å². The van der Waals surface area contributed by atoms with Crippen LogP contribution in [0.4, 0.5) is 0 Å². The van der Waals surface area contributed by atoms with Crippen molar-refractivity contribution in [2.45, 2.75) is 45.9 Å². The third-order valence-corrected chi connectivity index (χ3v) is 11.2. The lowest BCUT2D eigenvalue weighted by Gasteiger charge is -2.27. The summed E-state index contributed by atoms with van der Waals surface area (Å²) in [5.41, 5.74) is 7.90. The molecule has 2 aromatic carbocycles. The molecule has 46 heavy (non-hydrogen) atoms. The lowest BCUT2D eigenvalue weighted by Crippen LogP contribution is -2.37. The Morgan fingerprint density at radius 3 is 2.57 bits per heavy atom. The molecule has 4 aromatic rings. The molecule has 1 fully saturated rings. The van der Waals surface area contributed by atoms with Crippen molar-refractivity contribution in [3.05, 3.63) is 97.3 Å². The number of ether oxygens (including phenoxy) is 1. The smallest absolute Gasteiger partial charge is 0.211 e. The van der Waals surface area contributed by atoms with Gasteiger partial charge in [-0.2, -0.15) is 9.40 Å². The highest BCUT2D eigenvalue weighted by molar-refractivity contribution is 7.88. The van der Waals surface area contributed by atoms with Gasteiger partial charge in [-0.3, -0.25) is 9.58 Å². The molecule has 6 rings (SSSR count). The molecular weight excluding hydrogens is 638 g/mol. The second-order valence-corrected chi connectivity index (χ2v) is 15.3. The zero-order valence-electron chi connectivity index (χ0n) is 26.4. The molecule has 1 N–H and O–H groups in total. The first-order valence-electron chi connectivity index (χ1n) is 15.7. The van der Waals surface area contributed by atoms with Crippen LogP contribution in [0.5, 0.6) is 0 Å². The second-order valence-electron chi connectivity index (χ2n) is 11.9. The first kappa shape index (κ1) is 32.9. The lowest BCUT2D eigenvalue weighted by molar-refractivity contribution is 0.0368. The molecule has 2 aliphatic rings. The molecular formula is C35H40ClN5O3S2. The number of morpholine rings is 1. The van der Waals surface area contributed by atoms with E-state index < -0.39 is 10.0 Å². The Morgan fingerprint density at radius 2 is 1.83 bits per heavy atom. The van der Waals surface area contributed by atoms with E-state index in [1.54, 1.807) is 11.3 Å². The molecule has 4 heterocycles. The topological polar surface area (TPSA) is 79.7 Å². The van der Waals surface area contributed by atoms with E-state index in [4.69, 9.17) is 21.4 Å². The van der Waals surface area contributed by atoms with Crippen molar-refractivity contribution in [2.24, 2.45) is 0 Å². The van der Waals surface area contributed by atoms with Gasteiger partial charge < -0.3 is 10.1 Å². The van der Waals surface area contributed by atoms with Crippen LogP contribution in [0, 0.1) is 18.8 Å². The van der Waals surface area contributed by atoms with Crippen molar-refractivity contribution in [3.63, 3.8) is 0 Å². The fraction of sp³-hybridized carbons (Fsp3) is 0.400. The first-order chi connectivity index (χ1) is 22.2. The molecule has 0 spiro atoms. The molecule has 0 unspecified atom stereocenters. The molecule has 0 atom stereocenters. The standard InChI is InChI=1S/C35H40ClN5O3S2/c1-26-13-21-45-34(26)24-37-23-28-6-4-27(5-7-28)8-9-29-22-30(10-11-32(29)36)35-31-25-40(46(2,42)43)16-12-33(31)41(38-35)15-3-14-39-17-19-44-20-18-39/h4-7,10-11,13,21-22,37H,3,12,14-20,23-25H2,1-2H3. The minimum absolute atomic E-state index is 0.310. The molecule has 0 aliphatic carbocycles. The van der Waals surface area contributed by atoms with Crippen LogP contribution in [-0.4, -0.2) is 73.1 Å². The van der Waals surface area contributed by atoms with Crippen LogP contribution < -0.4 is 5.32 Å². The van der Waals surface area contributed by atoms with Crippen LogP contribution in [0.15, 0.2) is 53.9 Å². The summed E-state index contributed by atoms with van der Waals surface area (Å²) in [5, 5.41) is 11.3. The minimum Gasteiger partial charge on any atom is -0.379 e. The normalized spacial score (nSPS) is 15.8. The largest absolute Gasteiger partial charge is 0.379 e. The molecule has 0 amide bonds. The van der Waals surface area contributed by atoms with Gasteiger partial charge in [0.05, 0.1) is 30.2 Å². The van der Waals surface area contributed by atoms with Gasteiger partial charge in [0, 0.05) is 91.6 Å². The Balaban J connectivity index is 1.19. The lowest BCUT2D eigenvalue weighted by atomic mass is 10.0. The van der Waals surface area contributed by atoms with Crippen LogP contribution in [-0.2, 0) is 47.4 Å². The maximum Gasteiger partial charge on any atom is 0.211 e. The summed E-state index contributed by atoms with van der Waals surface area (Å²) in [6.45, 7) is 9.80. The predicted octanol–water partition coefficient (Wildman–Crippen LogP) is 5.30. The summed E-state index contributed by atoms with van der Waals surface area (Å²) < 4.78 is 34.1. The van der Waals surface area contributed by atoms with E-state index in [9.17, 15) is 8.42 Å². The van der Waals surface area contributed by atoms with Crippen LogP contribution in [0.2, 0.25) is 5.02 Å². The van der Waals surface area contributed by atoms with Gasteiger partial charge in [-0.1, -0.05) is 41.6 Å². The molecule has 0 bridgehead atoms. The van der Waals surface area contributed by atoms with Crippen LogP contribution >= 0.6 is 22.9 Å². The number of sulfonamides is 1. The molecule has 0 saturated carbocycles. The van der Waals surface area contributed by atoms with Crippen LogP contribution in [0.25, 0.3) is 11.3 Å². The van der Waals surface area contributed by atoms with Crippen LogP contribution in [0.1, 0.15) is 44.8 Å². The third kappa shape index (κ3) is 8.09. The molecule has 0 radical (unpaired) electrons. The van der Waals surface area contributed by atoms with Gasteiger partial charge in [0.1, 0.15) is 0 Å². The number of aryl methyl sites for hydroxylation is 2. The molecule has 2 aromatic heterocycles. The first-order valence-corrected chi connectivity index (χ1v) is 18.8. The number of nitrogens with one attached hydrogen (secondary N) is 1. The molecule has 1 saturated heterocycles. The van der Waals surface area contributed by atoms with E-state index in [-0.39, 0.29) is 0 Å².